The molecule has 2 N–H and O–H groups in total. The number of aliphatic carboxylic acids is 1. The minimum absolute atomic E-state index is 0.0539. The number of carboxylic acid groups (broad SMARTS) is 1. The average Bonchev–Trinajstić information content (AvgIpc) is 2.34. The Morgan fingerprint density at radius 2 is 2.16 bits per heavy atom. The van der Waals surface area contributed by atoms with E-state index in [0.29, 0.717) is 24.5 Å². The van der Waals surface area contributed by atoms with Crippen molar-refractivity contribution in [1.29, 1.82) is 0 Å². The van der Waals surface area contributed by atoms with Crippen molar-refractivity contribution in [1.82, 2.24) is 10.2 Å². The van der Waals surface area contributed by atoms with Crippen LogP contribution in [0.1, 0.15) is 18.4 Å². The standard InChI is InChI=1S/C13H17ClN2O3/c1-16(9-10-4-2-5-11(14)8-10)13(19)15-7-3-6-12(17)18/h2,4-5,8H,3,6-7,9H2,1H3,(H,15,19)(H,17,18). The van der Waals surface area contributed by atoms with Gasteiger partial charge in [-0.15, -0.1) is 0 Å². The molecule has 19 heavy (non-hydrogen) atoms. The van der Waals surface area contributed by atoms with E-state index in [0.717, 1.165) is 5.56 Å². The number of hydrogen-bond donors (Lipinski definition) is 2. The van der Waals surface area contributed by atoms with Crippen LogP contribution in [0.15, 0.2) is 24.3 Å². The molecule has 0 fully saturated rings. The van der Waals surface area contributed by atoms with Crippen LogP contribution in [0.5, 0.6) is 0 Å². The van der Waals surface area contributed by atoms with Gasteiger partial charge in [0.25, 0.3) is 0 Å². The second-order valence-corrected chi connectivity index (χ2v) is 4.65. The molecule has 5 nitrogen and oxygen atoms in total. The second kappa shape index (κ2) is 7.63. The Hall–Kier alpha value is -1.75. The van der Waals surface area contributed by atoms with E-state index in [2.05, 4.69) is 5.32 Å². The summed E-state index contributed by atoms with van der Waals surface area (Å²) in [6.07, 6.45) is 0.477. The fraction of sp³-hybridized carbons (Fsp3) is 0.385. The van der Waals surface area contributed by atoms with Crippen molar-refractivity contribution in [3.63, 3.8) is 0 Å². The minimum atomic E-state index is -0.860. The number of carbonyl (C=O) groups excluding carboxylic acids is 1. The van der Waals surface area contributed by atoms with Gasteiger partial charge in [-0.3, -0.25) is 4.79 Å². The molecule has 0 aliphatic rings. The first-order valence-electron chi connectivity index (χ1n) is 5.94. The largest absolute Gasteiger partial charge is 0.481 e. The molecule has 0 unspecified atom stereocenters. The van der Waals surface area contributed by atoms with Crippen molar-refractivity contribution in [3.05, 3.63) is 34.9 Å². The summed E-state index contributed by atoms with van der Waals surface area (Å²) in [4.78, 5) is 23.5. The number of benzene rings is 1. The van der Waals surface area contributed by atoms with Crippen molar-refractivity contribution in [3.8, 4) is 0 Å². The van der Waals surface area contributed by atoms with Crippen LogP contribution in [0.3, 0.4) is 0 Å². The van der Waals surface area contributed by atoms with Crippen molar-refractivity contribution >= 4 is 23.6 Å². The van der Waals surface area contributed by atoms with E-state index >= 15 is 0 Å². The Kier molecular flexibility index (Phi) is 6.15. The third kappa shape index (κ3) is 6.10. The van der Waals surface area contributed by atoms with Crippen LogP contribution in [0.2, 0.25) is 5.02 Å². The van der Waals surface area contributed by atoms with Gasteiger partial charge >= 0.3 is 12.0 Å². The van der Waals surface area contributed by atoms with E-state index in [1.807, 2.05) is 12.1 Å². The summed E-state index contributed by atoms with van der Waals surface area (Å²) < 4.78 is 0. The van der Waals surface area contributed by atoms with E-state index in [-0.39, 0.29) is 12.5 Å². The fourth-order valence-corrected chi connectivity index (χ4v) is 1.76. The molecular weight excluding hydrogens is 268 g/mol. The maximum absolute atomic E-state index is 11.7. The maximum atomic E-state index is 11.7. The molecule has 0 heterocycles. The lowest BCUT2D eigenvalue weighted by molar-refractivity contribution is -0.137. The Balaban J connectivity index is 2.34. The predicted molar refractivity (Wildman–Crippen MR) is 73.2 cm³/mol. The van der Waals surface area contributed by atoms with Gasteiger partial charge in [-0.1, -0.05) is 23.7 Å². The van der Waals surface area contributed by atoms with Crippen LogP contribution in [-0.4, -0.2) is 35.6 Å². The summed E-state index contributed by atoms with van der Waals surface area (Å²) >= 11 is 5.87. The zero-order valence-electron chi connectivity index (χ0n) is 10.7. The molecule has 0 atom stereocenters. The number of carbonyl (C=O) groups is 2. The van der Waals surface area contributed by atoms with E-state index < -0.39 is 5.97 Å². The van der Waals surface area contributed by atoms with E-state index in [1.165, 1.54) is 4.90 Å². The Morgan fingerprint density at radius 1 is 1.42 bits per heavy atom. The van der Waals surface area contributed by atoms with Gasteiger partial charge in [0, 0.05) is 31.6 Å². The Bertz CT molecular complexity index is 451. The van der Waals surface area contributed by atoms with Crippen LogP contribution in [0.25, 0.3) is 0 Å². The van der Waals surface area contributed by atoms with Gasteiger partial charge in [-0.2, -0.15) is 0 Å². The first kappa shape index (κ1) is 15.3. The van der Waals surface area contributed by atoms with Crippen molar-refractivity contribution in [2.45, 2.75) is 19.4 Å². The molecule has 0 saturated heterocycles. The minimum Gasteiger partial charge on any atom is -0.481 e. The molecule has 104 valence electrons. The summed E-state index contributed by atoms with van der Waals surface area (Å²) in [5, 5.41) is 11.8. The van der Waals surface area contributed by atoms with E-state index in [9.17, 15) is 9.59 Å². The predicted octanol–water partition coefficient (Wildman–Crippen LogP) is 2.35. The van der Waals surface area contributed by atoms with Gasteiger partial charge in [0.05, 0.1) is 0 Å². The summed E-state index contributed by atoms with van der Waals surface area (Å²) in [7, 11) is 1.67. The molecule has 0 saturated carbocycles. The molecule has 0 aliphatic carbocycles. The van der Waals surface area contributed by atoms with E-state index in [1.54, 1.807) is 19.2 Å². The van der Waals surface area contributed by atoms with Crippen LogP contribution in [0.4, 0.5) is 4.79 Å². The molecule has 1 aromatic rings. The first-order chi connectivity index (χ1) is 8.99. The molecule has 0 aliphatic heterocycles. The summed E-state index contributed by atoms with van der Waals surface area (Å²) in [5.74, 6) is -0.860. The molecule has 1 rings (SSSR count). The normalized spacial score (nSPS) is 10.0. The lowest BCUT2D eigenvalue weighted by Gasteiger charge is -2.18. The van der Waals surface area contributed by atoms with Gasteiger partial charge in [0.2, 0.25) is 0 Å². The maximum Gasteiger partial charge on any atom is 0.317 e. The van der Waals surface area contributed by atoms with Crippen LogP contribution in [-0.2, 0) is 11.3 Å². The van der Waals surface area contributed by atoms with Gasteiger partial charge in [0.1, 0.15) is 0 Å². The summed E-state index contributed by atoms with van der Waals surface area (Å²) in [6.45, 7) is 0.802. The molecule has 1 aromatic carbocycles. The number of hydrogen-bond acceptors (Lipinski definition) is 2. The zero-order valence-corrected chi connectivity index (χ0v) is 11.5. The third-order valence-corrected chi connectivity index (χ3v) is 2.73. The van der Waals surface area contributed by atoms with Gasteiger partial charge in [-0.05, 0) is 24.1 Å². The monoisotopic (exact) mass is 284 g/mol. The highest BCUT2D eigenvalue weighted by Gasteiger charge is 2.08. The number of urea groups is 1. The number of carboxylic acids is 1. The van der Waals surface area contributed by atoms with Crippen LogP contribution >= 0.6 is 11.6 Å². The highest BCUT2D eigenvalue weighted by molar-refractivity contribution is 6.30. The van der Waals surface area contributed by atoms with Crippen molar-refractivity contribution < 1.29 is 14.7 Å². The Labute approximate surface area is 117 Å². The van der Waals surface area contributed by atoms with Crippen molar-refractivity contribution in [2.75, 3.05) is 13.6 Å². The number of amides is 2. The number of nitrogens with one attached hydrogen (secondary N) is 1. The topological polar surface area (TPSA) is 69.6 Å². The summed E-state index contributed by atoms with van der Waals surface area (Å²) in [5.41, 5.74) is 0.940. The SMILES string of the molecule is CN(Cc1cccc(Cl)c1)C(=O)NCCCC(=O)O. The van der Waals surface area contributed by atoms with Crippen LogP contribution in [0, 0.1) is 0 Å². The molecule has 2 amide bonds. The lowest BCUT2D eigenvalue weighted by atomic mass is 10.2. The number of halogens is 1. The fourth-order valence-electron chi connectivity index (χ4n) is 1.55. The molecule has 0 spiro atoms. The third-order valence-electron chi connectivity index (χ3n) is 2.50. The quantitative estimate of drug-likeness (QED) is 0.788. The van der Waals surface area contributed by atoms with E-state index in [4.69, 9.17) is 16.7 Å². The smallest absolute Gasteiger partial charge is 0.317 e. The van der Waals surface area contributed by atoms with Crippen molar-refractivity contribution in [2.24, 2.45) is 0 Å². The number of nitrogens with zero attached hydrogens (tertiary/aromatic N) is 1. The first-order valence-corrected chi connectivity index (χ1v) is 6.32. The Morgan fingerprint density at radius 3 is 2.79 bits per heavy atom. The second-order valence-electron chi connectivity index (χ2n) is 4.22. The summed E-state index contributed by atoms with van der Waals surface area (Å²) in [6, 6.07) is 7.06. The van der Waals surface area contributed by atoms with Gasteiger partial charge in [0.15, 0.2) is 0 Å². The molecule has 0 bridgehead atoms. The molecule has 6 heteroatoms. The lowest BCUT2D eigenvalue weighted by Crippen LogP contribution is -2.37. The average molecular weight is 285 g/mol. The highest BCUT2D eigenvalue weighted by Crippen LogP contribution is 2.12. The van der Waals surface area contributed by atoms with Crippen LogP contribution < -0.4 is 5.32 Å². The highest BCUT2D eigenvalue weighted by atomic mass is 35.5. The van der Waals surface area contributed by atoms with Gasteiger partial charge < -0.3 is 15.3 Å². The molecular formula is C13H17ClN2O3. The molecule has 0 aromatic heterocycles. The zero-order chi connectivity index (χ0) is 14.3. The number of rotatable bonds is 6. The molecule has 0 radical (unpaired) electrons. The van der Waals surface area contributed by atoms with Gasteiger partial charge in [-0.25, -0.2) is 4.79 Å².